The number of hydrogen-bond acceptors (Lipinski definition) is 3. The summed E-state index contributed by atoms with van der Waals surface area (Å²) in [5.41, 5.74) is 1.17. The van der Waals surface area contributed by atoms with Crippen LogP contribution in [0.25, 0.3) is 0 Å². The van der Waals surface area contributed by atoms with Gasteiger partial charge in [0.15, 0.2) is 0 Å². The number of nitrogens with zero attached hydrogens (tertiary/aromatic N) is 1. The maximum atomic E-state index is 12.2. The summed E-state index contributed by atoms with van der Waals surface area (Å²) in [4.78, 5) is 15.8. The summed E-state index contributed by atoms with van der Waals surface area (Å²) in [6.07, 6.45) is 2.62. The highest BCUT2D eigenvalue weighted by Crippen LogP contribution is 2.23. The third kappa shape index (κ3) is 3.41. The van der Waals surface area contributed by atoms with Gasteiger partial charge in [0.2, 0.25) is 0 Å². The molecule has 0 aliphatic heterocycles. The monoisotopic (exact) mass is 253 g/mol. The molecule has 1 aromatic heterocycles. The largest absolute Gasteiger partial charge is 0.395 e. The van der Waals surface area contributed by atoms with Gasteiger partial charge in [0, 0.05) is 18.0 Å². The highest BCUT2D eigenvalue weighted by Gasteiger charge is 2.17. The predicted octanol–water partition coefficient (Wildman–Crippen LogP) is 2.24. The number of aliphatic hydroxyl groups is 1. The molecule has 0 saturated carbocycles. The minimum Gasteiger partial charge on any atom is -0.395 e. The number of carbonyl (C=O) groups is 1. The van der Waals surface area contributed by atoms with Gasteiger partial charge in [-0.1, -0.05) is 13.0 Å². The summed E-state index contributed by atoms with van der Waals surface area (Å²) in [5.74, 6) is -0.0215. The second-order valence-corrected chi connectivity index (χ2v) is 4.97. The number of thiophene rings is 1. The summed E-state index contributed by atoms with van der Waals surface area (Å²) >= 11 is 1.54. The Morgan fingerprint density at radius 2 is 2.35 bits per heavy atom. The van der Waals surface area contributed by atoms with Gasteiger partial charge in [-0.05, 0) is 25.0 Å². The van der Waals surface area contributed by atoms with Crippen molar-refractivity contribution in [3.63, 3.8) is 0 Å². The van der Waals surface area contributed by atoms with Gasteiger partial charge in [0.05, 0.1) is 11.5 Å². The Bertz CT molecular complexity index is 398. The zero-order chi connectivity index (χ0) is 12.8. The van der Waals surface area contributed by atoms with Crippen LogP contribution >= 0.6 is 11.3 Å². The first kappa shape index (κ1) is 13.9. The molecule has 1 amide bonds. The van der Waals surface area contributed by atoms with E-state index in [0.717, 1.165) is 11.3 Å². The number of aliphatic hydroxyl groups excluding tert-OH is 1. The number of carbonyl (C=O) groups excluding carboxylic acids is 1. The van der Waals surface area contributed by atoms with E-state index in [1.54, 1.807) is 22.3 Å². The van der Waals surface area contributed by atoms with Gasteiger partial charge >= 0.3 is 0 Å². The molecule has 0 radical (unpaired) electrons. The molecule has 17 heavy (non-hydrogen) atoms. The molecule has 94 valence electrons. The molecule has 1 aromatic rings. The Labute approximate surface area is 106 Å². The van der Waals surface area contributed by atoms with Crippen molar-refractivity contribution in [2.45, 2.75) is 20.3 Å². The quantitative estimate of drug-likeness (QED) is 0.790. The molecule has 0 aliphatic carbocycles. The zero-order valence-electron chi connectivity index (χ0n) is 10.4. The van der Waals surface area contributed by atoms with Crippen LogP contribution in [-0.4, -0.2) is 35.6 Å². The third-order valence-electron chi connectivity index (χ3n) is 2.56. The normalized spacial score (nSPS) is 10.3. The van der Waals surface area contributed by atoms with E-state index in [-0.39, 0.29) is 12.5 Å². The van der Waals surface area contributed by atoms with Crippen molar-refractivity contribution in [1.82, 2.24) is 4.90 Å². The molecule has 0 fully saturated rings. The van der Waals surface area contributed by atoms with E-state index < -0.39 is 0 Å². The Morgan fingerprint density at radius 3 is 2.82 bits per heavy atom. The lowest BCUT2D eigenvalue weighted by Gasteiger charge is -2.18. The summed E-state index contributed by atoms with van der Waals surface area (Å²) in [7, 11) is 0. The molecule has 0 unspecified atom stereocenters. The molecule has 0 bridgehead atoms. The molecule has 3 nitrogen and oxygen atoms in total. The summed E-state index contributed by atoms with van der Waals surface area (Å²) in [5, 5.41) is 8.94. The molecule has 0 atom stereocenters. The standard InChI is InChI=1S/C13H19NO2S/c1-4-6-14(7-8-15)13(16)12-9-10(3)11(5-2)17-12/h4,9,15H,1,5-8H2,2-3H3. The van der Waals surface area contributed by atoms with Crippen LogP contribution in [0.4, 0.5) is 0 Å². The van der Waals surface area contributed by atoms with Crippen LogP contribution in [-0.2, 0) is 6.42 Å². The first-order chi connectivity index (χ1) is 8.13. The Hall–Kier alpha value is -1.13. The van der Waals surface area contributed by atoms with Crippen molar-refractivity contribution >= 4 is 17.2 Å². The molecule has 0 aromatic carbocycles. The van der Waals surface area contributed by atoms with Crippen molar-refractivity contribution in [1.29, 1.82) is 0 Å². The molecule has 1 N–H and O–H groups in total. The second kappa shape index (κ2) is 6.57. The van der Waals surface area contributed by atoms with E-state index in [9.17, 15) is 4.79 Å². The lowest BCUT2D eigenvalue weighted by atomic mass is 10.2. The predicted molar refractivity (Wildman–Crippen MR) is 71.6 cm³/mol. The number of amides is 1. The van der Waals surface area contributed by atoms with Gasteiger partial charge in [-0.15, -0.1) is 17.9 Å². The van der Waals surface area contributed by atoms with Crippen LogP contribution in [0, 0.1) is 6.92 Å². The fourth-order valence-electron chi connectivity index (χ4n) is 1.68. The van der Waals surface area contributed by atoms with Gasteiger partial charge in [-0.3, -0.25) is 4.79 Å². The van der Waals surface area contributed by atoms with Crippen LogP contribution in [0.3, 0.4) is 0 Å². The van der Waals surface area contributed by atoms with Crippen molar-refractivity contribution in [3.05, 3.63) is 34.0 Å². The Morgan fingerprint density at radius 1 is 1.65 bits per heavy atom. The number of hydrogen-bond donors (Lipinski definition) is 1. The maximum Gasteiger partial charge on any atom is 0.264 e. The highest BCUT2D eigenvalue weighted by molar-refractivity contribution is 7.14. The van der Waals surface area contributed by atoms with Gasteiger partial charge in [-0.25, -0.2) is 0 Å². The van der Waals surface area contributed by atoms with Crippen LogP contribution in [0.15, 0.2) is 18.7 Å². The van der Waals surface area contributed by atoms with Gasteiger partial charge in [-0.2, -0.15) is 0 Å². The maximum absolute atomic E-state index is 12.2. The van der Waals surface area contributed by atoms with E-state index in [0.29, 0.717) is 13.1 Å². The average Bonchev–Trinajstić information content (AvgIpc) is 2.69. The minimum absolute atomic E-state index is 0.0215. The molecular weight excluding hydrogens is 234 g/mol. The van der Waals surface area contributed by atoms with E-state index in [4.69, 9.17) is 5.11 Å². The second-order valence-electron chi connectivity index (χ2n) is 3.83. The molecule has 1 rings (SSSR count). The Kier molecular flexibility index (Phi) is 5.38. The van der Waals surface area contributed by atoms with Gasteiger partial charge in [0.25, 0.3) is 5.91 Å². The van der Waals surface area contributed by atoms with E-state index in [1.165, 1.54) is 10.4 Å². The van der Waals surface area contributed by atoms with Crippen LogP contribution in [0.2, 0.25) is 0 Å². The molecule has 0 saturated heterocycles. The minimum atomic E-state index is -0.0232. The lowest BCUT2D eigenvalue weighted by molar-refractivity contribution is 0.0747. The Balaban J connectivity index is 2.88. The van der Waals surface area contributed by atoms with Crippen molar-refractivity contribution in [2.24, 2.45) is 0 Å². The SMILES string of the molecule is C=CCN(CCO)C(=O)c1cc(C)c(CC)s1. The fraction of sp³-hybridized carbons (Fsp3) is 0.462. The molecular formula is C13H19NO2S. The van der Waals surface area contributed by atoms with Gasteiger partial charge in [0.1, 0.15) is 0 Å². The average molecular weight is 253 g/mol. The smallest absolute Gasteiger partial charge is 0.264 e. The molecule has 0 spiro atoms. The molecule has 1 heterocycles. The zero-order valence-corrected chi connectivity index (χ0v) is 11.2. The van der Waals surface area contributed by atoms with E-state index >= 15 is 0 Å². The first-order valence-electron chi connectivity index (χ1n) is 5.74. The van der Waals surface area contributed by atoms with Crippen molar-refractivity contribution in [3.8, 4) is 0 Å². The fourth-order valence-corrected chi connectivity index (χ4v) is 2.77. The number of aryl methyl sites for hydroxylation is 2. The summed E-state index contributed by atoms with van der Waals surface area (Å²) < 4.78 is 0. The van der Waals surface area contributed by atoms with Crippen LogP contribution < -0.4 is 0 Å². The number of rotatable bonds is 6. The van der Waals surface area contributed by atoms with Gasteiger partial charge < -0.3 is 10.0 Å². The highest BCUT2D eigenvalue weighted by atomic mass is 32.1. The topological polar surface area (TPSA) is 40.5 Å². The molecule has 4 heteroatoms. The van der Waals surface area contributed by atoms with Crippen LogP contribution in [0.5, 0.6) is 0 Å². The van der Waals surface area contributed by atoms with Crippen LogP contribution in [0.1, 0.15) is 27.0 Å². The van der Waals surface area contributed by atoms with E-state index in [2.05, 4.69) is 13.5 Å². The first-order valence-corrected chi connectivity index (χ1v) is 6.56. The third-order valence-corrected chi connectivity index (χ3v) is 3.93. The summed E-state index contributed by atoms with van der Waals surface area (Å²) in [6.45, 7) is 8.53. The van der Waals surface area contributed by atoms with Crippen molar-refractivity contribution in [2.75, 3.05) is 19.7 Å². The van der Waals surface area contributed by atoms with E-state index in [1.807, 2.05) is 13.0 Å². The summed E-state index contributed by atoms with van der Waals surface area (Å²) in [6, 6.07) is 1.93. The molecule has 0 aliphatic rings. The lowest BCUT2D eigenvalue weighted by Crippen LogP contribution is -2.33. The van der Waals surface area contributed by atoms with Crippen molar-refractivity contribution < 1.29 is 9.90 Å².